The Hall–Kier alpha value is -0.880. The highest BCUT2D eigenvalue weighted by Gasteiger charge is 2.22. The predicted octanol–water partition coefficient (Wildman–Crippen LogP) is 2.55. The molecule has 0 fully saturated rings. The van der Waals surface area contributed by atoms with Gasteiger partial charge in [0.25, 0.3) is 5.56 Å². The van der Waals surface area contributed by atoms with E-state index in [1.54, 1.807) is 6.20 Å². The maximum absolute atomic E-state index is 12.0. The Morgan fingerprint density at radius 3 is 2.53 bits per heavy atom. The highest BCUT2D eigenvalue weighted by molar-refractivity contribution is 9.10. The van der Waals surface area contributed by atoms with Crippen LogP contribution >= 0.6 is 15.9 Å². The molecule has 0 bridgehead atoms. The summed E-state index contributed by atoms with van der Waals surface area (Å²) in [6.07, 6.45) is 2.92. The molecule has 1 heterocycles. The summed E-state index contributed by atoms with van der Waals surface area (Å²) in [5.41, 5.74) is -0.314. The van der Waals surface area contributed by atoms with Gasteiger partial charge in [0.05, 0.1) is 23.5 Å². The van der Waals surface area contributed by atoms with Gasteiger partial charge < -0.3 is 10.4 Å². The van der Waals surface area contributed by atoms with Gasteiger partial charge in [-0.3, -0.25) is 4.79 Å². The van der Waals surface area contributed by atoms with Gasteiger partial charge in [0.1, 0.15) is 4.47 Å². The van der Waals surface area contributed by atoms with E-state index >= 15 is 0 Å². The molecule has 1 rings (SSSR count). The summed E-state index contributed by atoms with van der Waals surface area (Å²) in [6, 6.07) is 0.0149. The third kappa shape index (κ3) is 3.79. The van der Waals surface area contributed by atoms with Gasteiger partial charge >= 0.3 is 0 Å². The molecule has 0 atom stereocenters. The number of nitrogens with one attached hydrogen (secondary N) is 1. The Morgan fingerprint density at radius 1 is 1.47 bits per heavy atom. The molecule has 2 N–H and O–H groups in total. The first kappa shape index (κ1) is 16.2. The fourth-order valence-electron chi connectivity index (χ4n) is 1.70. The second kappa shape index (κ2) is 6.52. The Morgan fingerprint density at radius 2 is 2.05 bits per heavy atom. The van der Waals surface area contributed by atoms with Crippen LogP contribution in [-0.4, -0.2) is 27.0 Å². The molecule has 0 aromatic carbocycles. The molecule has 0 saturated carbocycles. The van der Waals surface area contributed by atoms with Crippen molar-refractivity contribution in [3.63, 3.8) is 0 Å². The molecule has 19 heavy (non-hydrogen) atoms. The number of halogens is 1. The highest BCUT2D eigenvalue weighted by atomic mass is 79.9. The van der Waals surface area contributed by atoms with Crippen molar-refractivity contribution < 1.29 is 5.11 Å². The molecule has 108 valence electrons. The zero-order valence-electron chi connectivity index (χ0n) is 11.9. The van der Waals surface area contributed by atoms with E-state index < -0.39 is 5.60 Å². The number of aromatic nitrogens is 2. The summed E-state index contributed by atoms with van der Waals surface area (Å²) in [6.45, 7) is 8.08. The Balaban J connectivity index is 2.93. The van der Waals surface area contributed by atoms with Crippen molar-refractivity contribution in [2.45, 2.75) is 52.2 Å². The molecule has 0 amide bonds. The zero-order chi connectivity index (χ0) is 14.6. The van der Waals surface area contributed by atoms with E-state index in [1.807, 2.05) is 27.7 Å². The minimum Gasteiger partial charge on any atom is -0.388 e. The number of nitrogens with zero attached hydrogens (tertiary/aromatic N) is 2. The van der Waals surface area contributed by atoms with Crippen LogP contribution in [0.4, 0.5) is 5.69 Å². The van der Waals surface area contributed by atoms with Crippen LogP contribution in [0.25, 0.3) is 0 Å². The van der Waals surface area contributed by atoms with E-state index in [0.29, 0.717) is 29.5 Å². The van der Waals surface area contributed by atoms with Gasteiger partial charge in [-0.2, -0.15) is 5.10 Å². The first-order valence-electron chi connectivity index (χ1n) is 6.58. The number of anilines is 1. The van der Waals surface area contributed by atoms with Crippen LogP contribution in [0.15, 0.2) is 15.5 Å². The van der Waals surface area contributed by atoms with E-state index in [2.05, 4.69) is 26.3 Å². The molecule has 0 spiro atoms. The summed E-state index contributed by atoms with van der Waals surface area (Å²) in [5, 5.41) is 17.4. The summed E-state index contributed by atoms with van der Waals surface area (Å²) in [7, 11) is 0. The second-order valence-electron chi connectivity index (χ2n) is 5.00. The van der Waals surface area contributed by atoms with Crippen LogP contribution in [0.5, 0.6) is 0 Å². The van der Waals surface area contributed by atoms with Crippen LogP contribution in [-0.2, 0) is 0 Å². The van der Waals surface area contributed by atoms with Gasteiger partial charge in [0, 0.05) is 6.54 Å². The number of hydrogen-bond donors (Lipinski definition) is 2. The molecule has 0 aliphatic rings. The average molecular weight is 332 g/mol. The lowest BCUT2D eigenvalue weighted by molar-refractivity contribution is 0.0457. The molecule has 1 aromatic heterocycles. The van der Waals surface area contributed by atoms with Crippen LogP contribution in [0.1, 0.15) is 46.6 Å². The molecule has 0 unspecified atom stereocenters. The fraction of sp³-hybridized carbons (Fsp3) is 0.692. The Labute approximate surface area is 122 Å². The van der Waals surface area contributed by atoms with E-state index in [0.717, 1.165) is 0 Å². The van der Waals surface area contributed by atoms with E-state index in [4.69, 9.17) is 0 Å². The first-order valence-corrected chi connectivity index (χ1v) is 7.37. The molecule has 0 aliphatic carbocycles. The monoisotopic (exact) mass is 331 g/mol. The van der Waals surface area contributed by atoms with E-state index in [1.165, 1.54) is 4.68 Å². The minimum atomic E-state index is -0.758. The van der Waals surface area contributed by atoms with Crippen LogP contribution in [0.2, 0.25) is 0 Å². The highest BCUT2D eigenvalue weighted by Crippen LogP contribution is 2.20. The first-order chi connectivity index (χ1) is 8.84. The normalized spacial score (nSPS) is 11.9. The second-order valence-corrected chi connectivity index (χ2v) is 5.79. The largest absolute Gasteiger partial charge is 0.388 e. The molecule has 1 aromatic rings. The smallest absolute Gasteiger partial charge is 0.283 e. The maximum atomic E-state index is 12.0. The lowest BCUT2D eigenvalue weighted by atomic mass is 9.97. The third-order valence-electron chi connectivity index (χ3n) is 3.36. The predicted molar refractivity (Wildman–Crippen MR) is 80.6 cm³/mol. The molecule has 0 saturated heterocycles. The Bertz CT molecular complexity index is 481. The van der Waals surface area contributed by atoms with Crippen molar-refractivity contribution in [3.05, 3.63) is 21.0 Å². The van der Waals surface area contributed by atoms with Crippen molar-refractivity contribution in [2.24, 2.45) is 0 Å². The molecular weight excluding hydrogens is 310 g/mol. The van der Waals surface area contributed by atoms with Crippen LogP contribution < -0.4 is 10.9 Å². The molecule has 0 radical (unpaired) electrons. The molecule has 6 heteroatoms. The lowest BCUT2D eigenvalue weighted by Gasteiger charge is -2.26. The summed E-state index contributed by atoms with van der Waals surface area (Å²) in [5.74, 6) is 0. The van der Waals surface area contributed by atoms with Crippen molar-refractivity contribution in [1.29, 1.82) is 0 Å². The van der Waals surface area contributed by atoms with Gasteiger partial charge in [-0.15, -0.1) is 0 Å². The van der Waals surface area contributed by atoms with Crippen LogP contribution in [0.3, 0.4) is 0 Å². The zero-order valence-corrected chi connectivity index (χ0v) is 13.5. The lowest BCUT2D eigenvalue weighted by Crippen LogP contribution is -2.36. The van der Waals surface area contributed by atoms with Gasteiger partial charge in [-0.1, -0.05) is 13.8 Å². The van der Waals surface area contributed by atoms with Crippen molar-refractivity contribution in [2.75, 3.05) is 11.9 Å². The minimum absolute atomic E-state index is 0.0149. The standard InChI is InChI=1S/C13H22BrN3O2/c1-5-13(19,6-2)8-15-10-7-16-17(9(3)4)12(18)11(10)14/h7,9,15,19H,5-6,8H2,1-4H3. The number of aliphatic hydroxyl groups is 1. The van der Waals surface area contributed by atoms with Gasteiger partial charge in [-0.05, 0) is 42.6 Å². The summed E-state index contributed by atoms with van der Waals surface area (Å²) >= 11 is 3.29. The number of rotatable bonds is 6. The summed E-state index contributed by atoms with van der Waals surface area (Å²) in [4.78, 5) is 12.0. The fourth-order valence-corrected chi connectivity index (χ4v) is 2.12. The average Bonchev–Trinajstić information content (AvgIpc) is 2.39. The Kier molecular flexibility index (Phi) is 5.55. The maximum Gasteiger partial charge on any atom is 0.283 e. The molecule has 0 aliphatic heterocycles. The van der Waals surface area contributed by atoms with Crippen molar-refractivity contribution >= 4 is 21.6 Å². The summed E-state index contributed by atoms with van der Waals surface area (Å²) < 4.78 is 1.87. The molecular formula is C13H22BrN3O2. The topological polar surface area (TPSA) is 67.2 Å². The number of hydrogen-bond acceptors (Lipinski definition) is 4. The van der Waals surface area contributed by atoms with Crippen LogP contribution in [0, 0.1) is 0 Å². The van der Waals surface area contributed by atoms with Gasteiger partial charge in [-0.25, -0.2) is 4.68 Å². The third-order valence-corrected chi connectivity index (χ3v) is 4.12. The van der Waals surface area contributed by atoms with E-state index in [9.17, 15) is 9.90 Å². The van der Waals surface area contributed by atoms with Crippen molar-refractivity contribution in [3.8, 4) is 0 Å². The van der Waals surface area contributed by atoms with Crippen molar-refractivity contribution in [1.82, 2.24) is 9.78 Å². The SMILES string of the molecule is CCC(O)(CC)CNc1cnn(C(C)C)c(=O)c1Br. The van der Waals surface area contributed by atoms with Gasteiger partial charge in [0.2, 0.25) is 0 Å². The molecule has 5 nitrogen and oxygen atoms in total. The quantitative estimate of drug-likeness (QED) is 0.840. The van der Waals surface area contributed by atoms with E-state index in [-0.39, 0.29) is 11.6 Å². The van der Waals surface area contributed by atoms with Gasteiger partial charge in [0.15, 0.2) is 0 Å².